The number of hydrogen-bond donors (Lipinski definition) is 3. The maximum Gasteiger partial charge on any atom is 0.408 e. The van der Waals surface area contributed by atoms with Crippen LogP contribution in [0.25, 0.3) is 0 Å². The molecule has 0 aliphatic heterocycles. The lowest BCUT2D eigenvalue weighted by atomic mass is 10.0. The number of esters is 1. The predicted molar refractivity (Wildman–Crippen MR) is 114 cm³/mol. The Bertz CT molecular complexity index is 874. The molecule has 4 N–H and O–H groups in total. The molecule has 0 aromatic heterocycles. The molecule has 4 amide bonds. The summed E-state index contributed by atoms with van der Waals surface area (Å²) < 4.78 is 9.60. The number of alkyl carbamates (subject to hydrolysis) is 1. The van der Waals surface area contributed by atoms with Crippen molar-refractivity contribution in [1.29, 1.82) is 0 Å². The summed E-state index contributed by atoms with van der Waals surface area (Å²) in [6.07, 6.45) is -1.10. The molecule has 0 aliphatic rings. The van der Waals surface area contributed by atoms with E-state index >= 15 is 0 Å². The first-order chi connectivity index (χ1) is 15.5. The number of hydrazine groups is 1. The van der Waals surface area contributed by atoms with E-state index in [2.05, 4.69) is 15.5 Å². The Morgan fingerprint density at radius 3 is 2.24 bits per heavy atom. The van der Waals surface area contributed by atoms with Gasteiger partial charge in [0.1, 0.15) is 13.2 Å². The van der Waals surface area contributed by atoms with Crippen molar-refractivity contribution in [2.24, 2.45) is 11.7 Å². The van der Waals surface area contributed by atoms with Crippen molar-refractivity contribution in [1.82, 2.24) is 15.8 Å². The summed E-state index contributed by atoms with van der Waals surface area (Å²) in [4.78, 5) is 71.5. The summed E-state index contributed by atoms with van der Waals surface area (Å²) in [5, 5.41) is 2.80. The van der Waals surface area contributed by atoms with Gasteiger partial charge in [-0.05, 0) is 19.4 Å². The summed E-state index contributed by atoms with van der Waals surface area (Å²) in [6.45, 7) is 3.46. The van der Waals surface area contributed by atoms with Crippen molar-refractivity contribution in [3.63, 3.8) is 0 Å². The van der Waals surface area contributed by atoms with Gasteiger partial charge in [-0.25, -0.2) is 14.6 Å². The molecule has 0 bridgehead atoms. The number of nitrogens with one attached hydrogen (secondary N) is 2. The van der Waals surface area contributed by atoms with Gasteiger partial charge in [0.2, 0.25) is 11.8 Å². The average Bonchev–Trinajstić information content (AvgIpc) is 2.77. The Kier molecular flexibility index (Phi) is 11.0. The van der Waals surface area contributed by atoms with Crippen LogP contribution in [0.1, 0.15) is 32.8 Å². The minimum Gasteiger partial charge on any atom is -0.459 e. The molecule has 180 valence electrons. The van der Waals surface area contributed by atoms with Gasteiger partial charge in [-0.2, -0.15) is 0 Å². The molecule has 33 heavy (non-hydrogen) atoms. The average molecular weight is 464 g/mol. The van der Waals surface area contributed by atoms with Crippen LogP contribution in [0, 0.1) is 5.92 Å². The molecule has 12 nitrogen and oxygen atoms in total. The van der Waals surface area contributed by atoms with Gasteiger partial charge >= 0.3 is 18.0 Å². The number of ether oxygens (including phenoxy) is 2. The van der Waals surface area contributed by atoms with Crippen LogP contribution in [-0.4, -0.2) is 59.8 Å². The largest absolute Gasteiger partial charge is 0.459 e. The SMILES string of the molecule is CCOC(=O)C(=O)N(CC(N)=O)NC(=O)[C@H](C)CC(=O)[C@H](C)NC(=O)OCc1ccccc1. The fourth-order valence-corrected chi connectivity index (χ4v) is 2.46. The fraction of sp³-hybridized carbons (Fsp3) is 0.429. The number of hydrogen-bond acceptors (Lipinski definition) is 8. The highest BCUT2D eigenvalue weighted by molar-refractivity contribution is 6.32. The molecule has 0 aliphatic carbocycles. The molecule has 0 heterocycles. The van der Waals surface area contributed by atoms with Crippen LogP contribution in [-0.2, 0) is 40.1 Å². The lowest BCUT2D eigenvalue weighted by Gasteiger charge is -2.23. The zero-order valence-electron chi connectivity index (χ0n) is 18.7. The fourth-order valence-electron chi connectivity index (χ4n) is 2.46. The van der Waals surface area contributed by atoms with Crippen molar-refractivity contribution in [3.8, 4) is 0 Å². The third kappa shape index (κ3) is 9.80. The molecule has 0 saturated heterocycles. The standard InChI is InChI=1S/C21H28N4O8/c1-4-32-20(30)19(29)25(11-17(22)27)24-18(28)13(2)10-16(26)14(3)23-21(31)33-12-15-8-6-5-7-9-15/h5-9,13-14H,4,10-12H2,1-3H3,(H2,22,27)(H,23,31)(H,24,28)/t13-,14+/m1/s1. The van der Waals surface area contributed by atoms with Crippen LogP contribution in [0.5, 0.6) is 0 Å². The van der Waals surface area contributed by atoms with Gasteiger partial charge in [-0.1, -0.05) is 37.3 Å². The van der Waals surface area contributed by atoms with Crippen molar-refractivity contribution in [3.05, 3.63) is 35.9 Å². The number of Topliss-reactive ketones (excluding diaryl/α,β-unsaturated/α-hetero) is 1. The lowest BCUT2D eigenvalue weighted by Crippen LogP contribution is -2.54. The summed E-state index contributed by atoms with van der Waals surface area (Å²) in [6, 6.07) is 8.00. The summed E-state index contributed by atoms with van der Waals surface area (Å²) in [5.74, 6) is -5.82. The molecule has 0 saturated carbocycles. The Balaban J connectivity index is 2.59. The van der Waals surface area contributed by atoms with E-state index in [1.165, 1.54) is 20.8 Å². The molecule has 0 radical (unpaired) electrons. The maximum absolute atomic E-state index is 12.4. The second-order valence-corrected chi connectivity index (χ2v) is 7.05. The van der Waals surface area contributed by atoms with Crippen molar-refractivity contribution in [2.45, 2.75) is 39.8 Å². The predicted octanol–water partition coefficient (Wildman–Crippen LogP) is -0.195. The molecule has 0 unspecified atom stereocenters. The molecular formula is C21H28N4O8. The van der Waals surface area contributed by atoms with Crippen LogP contribution in [0.15, 0.2) is 30.3 Å². The highest BCUT2D eigenvalue weighted by Gasteiger charge is 2.29. The minimum atomic E-state index is -1.29. The van der Waals surface area contributed by atoms with E-state index in [1.54, 1.807) is 24.3 Å². The van der Waals surface area contributed by atoms with Crippen molar-refractivity contribution < 1.29 is 38.2 Å². The van der Waals surface area contributed by atoms with Crippen LogP contribution in [0.4, 0.5) is 4.79 Å². The maximum atomic E-state index is 12.4. The van der Waals surface area contributed by atoms with E-state index in [9.17, 15) is 28.8 Å². The third-order valence-electron chi connectivity index (χ3n) is 4.24. The van der Waals surface area contributed by atoms with E-state index in [1.807, 2.05) is 6.07 Å². The molecule has 1 aromatic rings. The van der Waals surface area contributed by atoms with Crippen LogP contribution < -0.4 is 16.5 Å². The highest BCUT2D eigenvalue weighted by atomic mass is 16.5. The number of ketones is 1. The normalized spacial score (nSPS) is 12.0. The van der Waals surface area contributed by atoms with Gasteiger partial charge in [-0.15, -0.1) is 0 Å². The Hall–Kier alpha value is -3.96. The molecule has 0 spiro atoms. The second kappa shape index (κ2) is 13.5. The summed E-state index contributed by atoms with van der Waals surface area (Å²) in [7, 11) is 0. The van der Waals surface area contributed by atoms with Crippen LogP contribution in [0.2, 0.25) is 0 Å². The van der Waals surface area contributed by atoms with Gasteiger partial charge < -0.3 is 20.5 Å². The van der Waals surface area contributed by atoms with Crippen LogP contribution in [0.3, 0.4) is 0 Å². The second-order valence-electron chi connectivity index (χ2n) is 7.05. The number of nitrogens with zero attached hydrogens (tertiary/aromatic N) is 1. The molecule has 1 rings (SSSR count). The Morgan fingerprint density at radius 2 is 1.67 bits per heavy atom. The van der Waals surface area contributed by atoms with E-state index in [0.717, 1.165) is 5.56 Å². The Labute approximate surface area is 190 Å². The highest BCUT2D eigenvalue weighted by Crippen LogP contribution is 2.07. The van der Waals surface area contributed by atoms with E-state index in [4.69, 9.17) is 10.5 Å². The number of nitrogens with two attached hydrogens (primary N) is 1. The van der Waals surface area contributed by atoms with Gasteiger partial charge in [0, 0.05) is 12.3 Å². The topological polar surface area (TPSA) is 174 Å². The van der Waals surface area contributed by atoms with Gasteiger partial charge in [0.25, 0.3) is 0 Å². The summed E-state index contributed by atoms with van der Waals surface area (Å²) in [5.41, 5.74) is 7.91. The van der Waals surface area contributed by atoms with Crippen LogP contribution >= 0.6 is 0 Å². The molecular weight excluding hydrogens is 436 g/mol. The van der Waals surface area contributed by atoms with Gasteiger partial charge in [0.05, 0.1) is 12.6 Å². The van der Waals surface area contributed by atoms with E-state index < -0.39 is 54.1 Å². The first kappa shape index (κ1) is 27.1. The number of rotatable bonds is 10. The Morgan fingerprint density at radius 1 is 1.03 bits per heavy atom. The lowest BCUT2D eigenvalue weighted by molar-refractivity contribution is -0.163. The van der Waals surface area contributed by atoms with Gasteiger partial charge in [0.15, 0.2) is 5.78 Å². The number of benzene rings is 1. The molecule has 0 fully saturated rings. The zero-order valence-corrected chi connectivity index (χ0v) is 18.7. The van der Waals surface area contributed by atoms with E-state index in [0.29, 0.717) is 5.01 Å². The molecule has 12 heteroatoms. The monoisotopic (exact) mass is 464 g/mol. The quantitative estimate of drug-likeness (QED) is 0.242. The number of carbonyl (C=O) groups excluding carboxylic acids is 6. The molecule has 2 atom stereocenters. The number of primary amides is 1. The smallest absolute Gasteiger partial charge is 0.408 e. The number of carbonyl (C=O) groups is 6. The zero-order chi connectivity index (χ0) is 25.0. The first-order valence-corrected chi connectivity index (χ1v) is 10.1. The van der Waals surface area contributed by atoms with Gasteiger partial charge in [-0.3, -0.25) is 24.6 Å². The number of amides is 4. The van der Waals surface area contributed by atoms with E-state index in [-0.39, 0.29) is 19.6 Å². The third-order valence-corrected chi connectivity index (χ3v) is 4.24. The molecule has 1 aromatic carbocycles. The summed E-state index contributed by atoms with van der Waals surface area (Å²) >= 11 is 0. The first-order valence-electron chi connectivity index (χ1n) is 10.1. The van der Waals surface area contributed by atoms with Crippen molar-refractivity contribution in [2.75, 3.05) is 13.2 Å². The minimum absolute atomic E-state index is 0.0244. The van der Waals surface area contributed by atoms with Crippen molar-refractivity contribution >= 4 is 35.6 Å².